The molecule has 1 saturated heterocycles. The van der Waals surface area contributed by atoms with Crippen molar-refractivity contribution in [2.45, 2.75) is 38.6 Å². The Balaban J connectivity index is 2.10. The van der Waals surface area contributed by atoms with Gasteiger partial charge in [-0.1, -0.05) is 19.9 Å². The Morgan fingerprint density at radius 3 is 3.08 bits per heavy atom. The van der Waals surface area contributed by atoms with Gasteiger partial charge in [-0.25, -0.2) is 0 Å². The van der Waals surface area contributed by atoms with Crippen LogP contribution in [0.15, 0.2) is 12.3 Å². The number of unbranched alkanes of at least 4 members (excludes halogenated alkanes) is 1. The molecular formula is C10H19NO. The highest BCUT2D eigenvalue weighted by Crippen LogP contribution is 2.13. The molecule has 0 bridgehead atoms. The quantitative estimate of drug-likeness (QED) is 0.502. The fourth-order valence-corrected chi connectivity index (χ4v) is 1.41. The Hall–Kier alpha value is -0.500. The van der Waals surface area contributed by atoms with Gasteiger partial charge in [-0.3, -0.25) is 0 Å². The molecule has 0 unspecified atom stereocenters. The Kier molecular flexibility index (Phi) is 4.15. The van der Waals surface area contributed by atoms with Gasteiger partial charge in [0.25, 0.3) is 0 Å². The molecule has 1 fully saturated rings. The van der Waals surface area contributed by atoms with Gasteiger partial charge >= 0.3 is 0 Å². The maximum absolute atomic E-state index is 5.51. The Labute approximate surface area is 75.0 Å². The lowest BCUT2D eigenvalue weighted by Gasteiger charge is -2.14. The zero-order valence-corrected chi connectivity index (χ0v) is 7.94. The Bertz CT molecular complexity index is 139. The molecule has 0 radical (unpaired) electrons. The summed E-state index contributed by atoms with van der Waals surface area (Å²) in [5.74, 6) is 0.931. The van der Waals surface area contributed by atoms with Gasteiger partial charge < -0.3 is 10.1 Å². The second-order valence-electron chi connectivity index (χ2n) is 3.32. The first-order valence-corrected chi connectivity index (χ1v) is 4.89. The van der Waals surface area contributed by atoms with Crippen molar-refractivity contribution in [3.63, 3.8) is 0 Å². The standard InChI is InChI=1S/C10H19NO/c1-3-4-8-12-9(2)10-6-5-7-11-10/h10-11H,2-8H2,1H3/t10-/m0/s1. The van der Waals surface area contributed by atoms with Gasteiger partial charge in [0, 0.05) is 0 Å². The van der Waals surface area contributed by atoms with Crippen LogP contribution in [0, 0.1) is 0 Å². The van der Waals surface area contributed by atoms with Crippen LogP contribution >= 0.6 is 0 Å². The summed E-state index contributed by atoms with van der Waals surface area (Å²) in [6, 6.07) is 0.418. The first kappa shape index (κ1) is 9.59. The first-order valence-electron chi connectivity index (χ1n) is 4.89. The molecule has 0 amide bonds. The molecule has 2 heteroatoms. The van der Waals surface area contributed by atoms with Crippen molar-refractivity contribution in [1.82, 2.24) is 5.32 Å². The van der Waals surface area contributed by atoms with Crippen molar-refractivity contribution in [3.8, 4) is 0 Å². The highest BCUT2D eigenvalue weighted by Gasteiger charge is 2.17. The Morgan fingerprint density at radius 2 is 2.50 bits per heavy atom. The third kappa shape index (κ3) is 2.86. The van der Waals surface area contributed by atoms with Gasteiger partial charge in [0.05, 0.1) is 12.6 Å². The maximum atomic E-state index is 5.51. The average Bonchev–Trinajstić information content (AvgIpc) is 2.56. The molecule has 1 aliphatic rings. The van der Waals surface area contributed by atoms with Gasteiger partial charge in [0.15, 0.2) is 0 Å². The molecule has 0 aliphatic carbocycles. The van der Waals surface area contributed by atoms with E-state index >= 15 is 0 Å². The molecule has 0 spiro atoms. The minimum atomic E-state index is 0.418. The van der Waals surface area contributed by atoms with Gasteiger partial charge in [0.2, 0.25) is 0 Å². The second-order valence-corrected chi connectivity index (χ2v) is 3.32. The van der Waals surface area contributed by atoms with Gasteiger partial charge in [-0.05, 0) is 25.8 Å². The summed E-state index contributed by atoms with van der Waals surface area (Å²) >= 11 is 0. The van der Waals surface area contributed by atoms with Crippen LogP contribution in [0.5, 0.6) is 0 Å². The Morgan fingerprint density at radius 1 is 1.67 bits per heavy atom. The lowest BCUT2D eigenvalue weighted by molar-refractivity contribution is 0.187. The number of hydrogen-bond donors (Lipinski definition) is 1. The SMILES string of the molecule is C=C(OCCCC)[C@@H]1CCCN1. The first-order chi connectivity index (χ1) is 5.84. The molecule has 0 aromatic heterocycles. The summed E-state index contributed by atoms with van der Waals surface area (Å²) in [5, 5.41) is 3.36. The highest BCUT2D eigenvalue weighted by molar-refractivity contribution is 4.99. The van der Waals surface area contributed by atoms with E-state index in [1.807, 2.05) is 0 Å². The predicted molar refractivity (Wildman–Crippen MR) is 51.0 cm³/mol. The van der Waals surface area contributed by atoms with Crippen molar-refractivity contribution in [2.24, 2.45) is 0 Å². The number of hydrogen-bond acceptors (Lipinski definition) is 2. The van der Waals surface area contributed by atoms with E-state index in [4.69, 9.17) is 4.74 Å². The molecule has 0 aromatic carbocycles. The predicted octanol–water partition coefficient (Wildman–Crippen LogP) is 2.07. The molecule has 1 heterocycles. The smallest absolute Gasteiger partial charge is 0.106 e. The normalized spacial score (nSPS) is 22.6. The summed E-state index contributed by atoms with van der Waals surface area (Å²) < 4.78 is 5.51. The third-order valence-corrected chi connectivity index (χ3v) is 2.23. The number of ether oxygens (including phenoxy) is 1. The molecule has 70 valence electrons. The molecule has 0 saturated carbocycles. The summed E-state index contributed by atoms with van der Waals surface area (Å²) in [4.78, 5) is 0. The maximum Gasteiger partial charge on any atom is 0.106 e. The van der Waals surface area contributed by atoms with Crippen LogP contribution in [0.4, 0.5) is 0 Å². The zero-order chi connectivity index (χ0) is 8.81. The summed E-state index contributed by atoms with van der Waals surface area (Å²) in [6.07, 6.45) is 4.75. The summed E-state index contributed by atoms with van der Waals surface area (Å²) in [6.45, 7) is 8.03. The lowest BCUT2D eigenvalue weighted by atomic mass is 10.2. The van der Waals surface area contributed by atoms with Crippen molar-refractivity contribution >= 4 is 0 Å². The van der Waals surface area contributed by atoms with Crippen LogP contribution in [0.3, 0.4) is 0 Å². The molecular weight excluding hydrogens is 150 g/mol. The average molecular weight is 169 g/mol. The van der Waals surface area contributed by atoms with E-state index in [1.165, 1.54) is 19.3 Å². The van der Waals surface area contributed by atoms with E-state index < -0.39 is 0 Å². The topological polar surface area (TPSA) is 21.3 Å². The van der Waals surface area contributed by atoms with Gasteiger partial charge in [-0.15, -0.1) is 0 Å². The molecule has 0 aromatic rings. The van der Waals surface area contributed by atoms with Crippen LogP contribution in [0.2, 0.25) is 0 Å². The monoisotopic (exact) mass is 169 g/mol. The molecule has 1 N–H and O–H groups in total. The summed E-state index contributed by atoms with van der Waals surface area (Å²) in [5.41, 5.74) is 0. The number of nitrogens with one attached hydrogen (secondary N) is 1. The van der Waals surface area contributed by atoms with Crippen LogP contribution in [-0.2, 0) is 4.74 Å². The van der Waals surface area contributed by atoms with Crippen molar-refractivity contribution < 1.29 is 4.74 Å². The van der Waals surface area contributed by atoms with E-state index in [0.717, 1.165) is 25.3 Å². The van der Waals surface area contributed by atoms with Gasteiger partial charge in [0.1, 0.15) is 5.76 Å². The summed E-state index contributed by atoms with van der Waals surface area (Å²) in [7, 11) is 0. The van der Waals surface area contributed by atoms with E-state index in [9.17, 15) is 0 Å². The molecule has 2 nitrogen and oxygen atoms in total. The van der Waals surface area contributed by atoms with E-state index in [-0.39, 0.29) is 0 Å². The molecule has 1 atom stereocenters. The van der Waals surface area contributed by atoms with Crippen molar-refractivity contribution in [2.75, 3.05) is 13.2 Å². The second kappa shape index (κ2) is 5.20. The number of rotatable bonds is 5. The van der Waals surface area contributed by atoms with Gasteiger partial charge in [-0.2, -0.15) is 0 Å². The van der Waals surface area contributed by atoms with Crippen LogP contribution < -0.4 is 5.32 Å². The minimum absolute atomic E-state index is 0.418. The minimum Gasteiger partial charge on any atom is -0.497 e. The molecule has 1 rings (SSSR count). The van der Waals surface area contributed by atoms with Crippen LogP contribution in [0.25, 0.3) is 0 Å². The molecule has 12 heavy (non-hydrogen) atoms. The van der Waals surface area contributed by atoms with Crippen molar-refractivity contribution in [3.05, 3.63) is 12.3 Å². The highest BCUT2D eigenvalue weighted by atomic mass is 16.5. The van der Waals surface area contributed by atoms with Crippen LogP contribution in [-0.4, -0.2) is 19.2 Å². The fraction of sp³-hybridized carbons (Fsp3) is 0.800. The van der Waals surface area contributed by atoms with Crippen molar-refractivity contribution in [1.29, 1.82) is 0 Å². The lowest BCUT2D eigenvalue weighted by Crippen LogP contribution is -2.24. The zero-order valence-electron chi connectivity index (χ0n) is 7.94. The van der Waals surface area contributed by atoms with E-state index in [2.05, 4.69) is 18.8 Å². The van der Waals surface area contributed by atoms with E-state index in [0.29, 0.717) is 6.04 Å². The van der Waals surface area contributed by atoms with Crippen LogP contribution in [0.1, 0.15) is 32.6 Å². The largest absolute Gasteiger partial charge is 0.497 e. The van der Waals surface area contributed by atoms with E-state index in [1.54, 1.807) is 0 Å². The molecule has 1 aliphatic heterocycles. The third-order valence-electron chi connectivity index (χ3n) is 2.23. The fourth-order valence-electron chi connectivity index (χ4n) is 1.41.